The van der Waals surface area contributed by atoms with Crippen molar-refractivity contribution in [1.82, 2.24) is 19.4 Å². The van der Waals surface area contributed by atoms with Crippen molar-refractivity contribution < 1.29 is 13.2 Å². The van der Waals surface area contributed by atoms with Crippen LogP contribution in [0.5, 0.6) is 0 Å². The van der Waals surface area contributed by atoms with Gasteiger partial charge in [-0.05, 0) is 0 Å². The van der Waals surface area contributed by atoms with E-state index in [4.69, 9.17) is 5.73 Å². The molecule has 0 saturated carbocycles. The summed E-state index contributed by atoms with van der Waals surface area (Å²) < 4.78 is 26.1. The fourth-order valence-corrected chi connectivity index (χ4v) is 3.58. The molecule has 112 valence electrons. The highest BCUT2D eigenvalue weighted by molar-refractivity contribution is 7.89. The van der Waals surface area contributed by atoms with E-state index < -0.39 is 10.0 Å². The smallest absolute Gasteiger partial charge is 0.248 e. The molecule has 1 aliphatic rings. The summed E-state index contributed by atoms with van der Waals surface area (Å²) in [4.78, 5) is 13.5. The van der Waals surface area contributed by atoms with E-state index in [1.807, 2.05) is 13.8 Å². The van der Waals surface area contributed by atoms with Crippen molar-refractivity contribution in [3.63, 3.8) is 0 Å². The summed E-state index contributed by atoms with van der Waals surface area (Å²) in [5.41, 5.74) is 5.56. The third-order valence-corrected chi connectivity index (χ3v) is 5.22. The van der Waals surface area contributed by atoms with E-state index in [-0.39, 0.29) is 35.6 Å². The Balaban J connectivity index is 2.08. The van der Waals surface area contributed by atoms with Gasteiger partial charge in [0.05, 0.1) is 6.20 Å². The quantitative estimate of drug-likeness (QED) is 0.780. The molecule has 0 bridgehead atoms. The van der Waals surface area contributed by atoms with Gasteiger partial charge in [-0.1, -0.05) is 13.8 Å². The Morgan fingerprint density at radius 3 is 2.40 bits per heavy atom. The summed E-state index contributed by atoms with van der Waals surface area (Å²) in [6.45, 7) is 4.99. The number of carbonyl (C=O) groups is 1. The van der Waals surface area contributed by atoms with Crippen LogP contribution in [0, 0.1) is 5.92 Å². The highest BCUT2D eigenvalue weighted by Gasteiger charge is 2.32. The normalized spacial score (nSPS) is 17.6. The average molecular weight is 301 g/mol. The molecule has 1 fully saturated rings. The van der Waals surface area contributed by atoms with Crippen molar-refractivity contribution in [1.29, 1.82) is 0 Å². The first-order chi connectivity index (χ1) is 9.34. The van der Waals surface area contributed by atoms with Gasteiger partial charge < -0.3 is 10.6 Å². The molecule has 0 aliphatic carbocycles. The molecule has 2 rings (SSSR count). The van der Waals surface area contributed by atoms with Crippen LogP contribution in [0.4, 0.5) is 5.82 Å². The number of nitrogen functional groups attached to an aromatic ring is 1. The topological polar surface area (TPSA) is 112 Å². The van der Waals surface area contributed by atoms with Crippen molar-refractivity contribution in [2.45, 2.75) is 18.7 Å². The first kappa shape index (κ1) is 14.8. The van der Waals surface area contributed by atoms with Crippen LogP contribution in [0.15, 0.2) is 11.1 Å². The van der Waals surface area contributed by atoms with Crippen molar-refractivity contribution in [3.05, 3.63) is 6.20 Å². The number of piperazine rings is 1. The summed E-state index contributed by atoms with van der Waals surface area (Å²) in [6, 6.07) is 0. The number of hydrogen-bond acceptors (Lipinski definition) is 5. The van der Waals surface area contributed by atoms with Crippen molar-refractivity contribution in [2.75, 3.05) is 31.9 Å². The van der Waals surface area contributed by atoms with Gasteiger partial charge in [-0.15, -0.1) is 0 Å². The molecular weight excluding hydrogens is 282 g/mol. The number of nitrogens with one attached hydrogen (secondary N) is 1. The molecule has 1 saturated heterocycles. The maximum absolute atomic E-state index is 12.4. The highest BCUT2D eigenvalue weighted by atomic mass is 32.2. The zero-order valence-electron chi connectivity index (χ0n) is 11.5. The van der Waals surface area contributed by atoms with E-state index in [2.05, 4.69) is 10.2 Å². The number of amides is 1. The largest absolute Gasteiger partial charge is 0.383 e. The molecule has 1 amide bonds. The van der Waals surface area contributed by atoms with Crippen LogP contribution in [0.2, 0.25) is 0 Å². The van der Waals surface area contributed by atoms with Crippen molar-refractivity contribution >= 4 is 21.7 Å². The van der Waals surface area contributed by atoms with E-state index >= 15 is 0 Å². The fraction of sp³-hybridized carbons (Fsp3) is 0.636. The number of anilines is 1. The molecule has 9 heteroatoms. The van der Waals surface area contributed by atoms with Crippen molar-refractivity contribution in [2.24, 2.45) is 5.92 Å². The number of nitrogens with two attached hydrogens (primary N) is 1. The minimum Gasteiger partial charge on any atom is -0.383 e. The van der Waals surface area contributed by atoms with E-state index in [9.17, 15) is 13.2 Å². The van der Waals surface area contributed by atoms with E-state index in [0.29, 0.717) is 13.1 Å². The molecule has 0 radical (unpaired) electrons. The number of aromatic nitrogens is 2. The van der Waals surface area contributed by atoms with Crippen LogP contribution in [0.25, 0.3) is 0 Å². The van der Waals surface area contributed by atoms with Gasteiger partial charge in [0.15, 0.2) is 0 Å². The number of aromatic amines is 1. The summed E-state index contributed by atoms with van der Waals surface area (Å²) in [6.07, 6.45) is 1.20. The maximum Gasteiger partial charge on any atom is 0.248 e. The van der Waals surface area contributed by atoms with E-state index in [1.165, 1.54) is 10.5 Å². The van der Waals surface area contributed by atoms with E-state index in [1.54, 1.807) is 4.90 Å². The molecule has 0 aromatic carbocycles. The van der Waals surface area contributed by atoms with Gasteiger partial charge in [0.2, 0.25) is 15.9 Å². The van der Waals surface area contributed by atoms with Gasteiger partial charge in [0.25, 0.3) is 0 Å². The predicted molar refractivity (Wildman–Crippen MR) is 73.2 cm³/mol. The third kappa shape index (κ3) is 2.63. The standard InChI is InChI=1S/C11H19N5O3S/c1-8(2)11(17)15-3-5-16(6-4-15)20(18,19)9-7-13-14-10(9)12/h7-8H,3-6H2,1-2H3,(H3,12,13,14). The molecule has 2 heterocycles. The number of nitrogens with zero attached hydrogens (tertiary/aromatic N) is 3. The number of sulfonamides is 1. The Morgan fingerprint density at radius 2 is 1.95 bits per heavy atom. The second-order valence-corrected chi connectivity index (χ2v) is 6.94. The first-order valence-electron chi connectivity index (χ1n) is 6.42. The maximum atomic E-state index is 12.4. The lowest BCUT2D eigenvalue weighted by molar-refractivity contribution is -0.135. The monoisotopic (exact) mass is 301 g/mol. The third-order valence-electron chi connectivity index (χ3n) is 3.29. The summed E-state index contributed by atoms with van der Waals surface area (Å²) in [7, 11) is -3.64. The SMILES string of the molecule is CC(C)C(=O)N1CCN(S(=O)(=O)c2cn[nH]c2N)CC1. The van der Waals surface area contributed by atoms with Gasteiger partial charge in [-0.3, -0.25) is 9.89 Å². The summed E-state index contributed by atoms with van der Waals surface area (Å²) in [5, 5.41) is 6.04. The highest BCUT2D eigenvalue weighted by Crippen LogP contribution is 2.21. The summed E-state index contributed by atoms with van der Waals surface area (Å²) >= 11 is 0. The Kier molecular flexibility index (Phi) is 4.00. The molecular formula is C11H19N5O3S. The molecule has 0 spiro atoms. The molecule has 0 unspecified atom stereocenters. The van der Waals surface area contributed by atoms with Gasteiger partial charge in [0.1, 0.15) is 10.7 Å². The Labute approximate surface area is 118 Å². The first-order valence-corrected chi connectivity index (χ1v) is 7.86. The van der Waals surface area contributed by atoms with Gasteiger partial charge in [-0.2, -0.15) is 9.40 Å². The second-order valence-electron chi connectivity index (χ2n) is 5.03. The van der Waals surface area contributed by atoms with Crippen LogP contribution in [-0.2, 0) is 14.8 Å². The van der Waals surface area contributed by atoms with Gasteiger partial charge in [-0.25, -0.2) is 8.42 Å². The Bertz CT molecular complexity index is 587. The summed E-state index contributed by atoms with van der Waals surface area (Å²) in [5.74, 6) is -0.00163. The van der Waals surface area contributed by atoms with Crippen LogP contribution >= 0.6 is 0 Å². The molecule has 1 aliphatic heterocycles. The molecule has 1 aromatic heterocycles. The van der Waals surface area contributed by atoms with Crippen molar-refractivity contribution in [3.8, 4) is 0 Å². The van der Waals surface area contributed by atoms with Crippen LogP contribution in [-0.4, -0.2) is 59.9 Å². The average Bonchev–Trinajstić information content (AvgIpc) is 2.85. The number of hydrogen-bond donors (Lipinski definition) is 2. The molecule has 1 aromatic rings. The number of H-pyrrole nitrogens is 1. The molecule has 20 heavy (non-hydrogen) atoms. The van der Waals surface area contributed by atoms with Gasteiger partial charge >= 0.3 is 0 Å². The van der Waals surface area contributed by atoms with Crippen LogP contribution in [0.1, 0.15) is 13.8 Å². The zero-order chi connectivity index (χ0) is 14.9. The van der Waals surface area contributed by atoms with Gasteiger partial charge in [0, 0.05) is 32.1 Å². The molecule has 8 nitrogen and oxygen atoms in total. The Hall–Kier alpha value is -1.61. The lowest BCUT2D eigenvalue weighted by Gasteiger charge is -2.34. The number of carbonyl (C=O) groups excluding carboxylic acids is 1. The van der Waals surface area contributed by atoms with E-state index in [0.717, 1.165) is 0 Å². The predicted octanol–water partition coefficient (Wildman–Crippen LogP) is -0.519. The minimum absolute atomic E-state index is 0.0128. The second kappa shape index (κ2) is 5.41. The molecule has 0 atom stereocenters. The zero-order valence-corrected chi connectivity index (χ0v) is 12.4. The number of rotatable bonds is 3. The fourth-order valence-electron chi connectivity index (χ4n) is 2.14. The molecule has 3 N–H and O–H groups in total. The lowest BCUT2D eigenvalue weighted by Crippen LogP contribution is -2.51. The lowest BCUT2D eigenvalue weighted by atomic mass is 10.2. The van der Waals surface area contributed by atoms with Crippen LogP contribution in [0.3, 0.4) is 0 Å². The minimum atomic E-state index is -3.64. The Morgan fingerprint density at radius 1 is 1.35 bits per heavy atom. The van der Waals surface area contributed by atoms with Crippen LogP contribution < -0.4 is 5.73 Å².